The Balaban J connectivity index is 2.21. The van der Waals surface area contributed by atoms with Crippen LogP contribution < -0.4 is 0 Å². The molecule has 21 heavy (non-hydrogen) atoms. The zero-order valence-corrected chi connectivity index (χ0v) is 13.2. The lowest BCUT2D eigenvalue weighted by Crippen LogP contribution is -1.99. The molecule has 0 fully saturated rings. The maximum absolute atomic E-state index is 12.6. The lowest BCUT2D eigenvalue weighted by molar-refractivity contribution is -0.383. The fourth-order valence-electron chi connectivity index (χ4n) is 2.20. The van der Waals surface area contributed by atoms with Crippen LogP contribution >= 0.6 is 27.3 Å². The van der Waals surface area contributed by atoms with Crippen molar-refractivity contribution in [1.82, 2.24) is 4.98 Å². The highest BCUT2D eigenvalue weighted by Crippen LogP contribution is 2.33. The van der Waals surface area contributed by atoms with Gasteiger partial charge in [-0.25, -0.2) is 0 Å². The topological polar surface area (TPSA) is 76.0 Å². The number of halogens is 1. The minimum atomic E-state index is -0.470. The van der Waals surface area contributed by atoms with Crippen molar-refractivity contribution < 1.29 is 9.72 Å². The molecule has 0 saturated carbocycles. The SMILES string of the molecule is Cc1cc(C(=O)c2c[nH]c3cccc([N+](=O)[O-])c23)sc1Br. The highest BCUT2D eigenvalue weighted by molar-refractivity contribution is 9.11. The molecule has 106 valence electrons. The largest absolute Gasteiger partial charge is 0.360 e. The Morgan fingerprint density at radius 1 is 1.43 bits per heavy atom. The average molecular weight is 365 g/mol. The van der Waals surface area contributed by atoms with Gasteiger partial charge >= 0.3 is 0 Å². The van der Waals surface area contributed by atoms with Crippen LogP contribution in [0.15, 0.2) is 34.2 Å². The van der Waals surface area contributed by atoms with Gasteiger partial charge < -0.3 is 4.98 Å². The summed E-state index contributed by atoms with van der Waals surface area (Å²) in [5.74, 6) is -0.214. The Labute approximate surface area is 131 Å². The van der Waals surface area contributed by atoms with Crippen LogP contribution in [0.2, 0.25) is 0 Å². The molecule has 0 bridgehead atoms. The minimum absolute atomic E-state index is 0.0653. The van der Waals surface area contributed by atoms with Crippen molar-refractivity contribution in [2.45, 2.75) is 6.92 Å². The first-order valence-electron chi connectivity index (χ1n) is 6.04. The number of fused-ring (bicyclic) bond motifs is 1. The minimum Gasteiger partial charge on any atom is -0.360 e. The van der Waals surface area contributed by atoms with Gasteiger partial charge in [-0.2, -0.15) is 0 Å². The zero-order valence-electron chi connectivity index (χ0n) is 10.8. The molecule has 1 N–H and O–H groups in total. The predicted octanol–water partition coefficient (Wildman–Crippen LogP) is 4.44. The molecule has 5 nitrogen and oxygen atoms in total. The summed E-state index contributed by atoms with van der Waals surface area (Å²) in [6.07, 6.45) is 1.53. The van der Waals surface area contributed by atoms with Crippen LogP contribution in [-0.4, -0.2) is 15.7 Å². The number of nitrogens with zero attached hydrogens (tertiary/aromatic N) is 1. The Morgan fingerprint density at radius 2 is 2.19 bits per heavy atom. The van der Waals surface area contributed by atoms with Crippen LogP contribution in [0.4, 0.5) is 5.69 Å². The van der Waals surface area contributed by atoms with Crippen LogP contribution in [0, 0.1) is 17.0 Å². The summed E-state index contributed by atoms with van der Waals surface area (Å²) in [6, 6.07) is 6.50. The van der Waals surface area contributed by atoms with Gasteiger partial charge in [0.05, 0.1) is 30.1 Å². The number of nitro benzene ring substituents is 1. The van der Waals surface area contributed by atoms with E-state index in [1.54, 1.807) is 18.2 Å². The van der Waals surface area contributed by atoms with E-state index >= 15 is 0 Å². The number of hydrogen-bond donors (Lipinski definition) is 1. The fraction of sp³-hybridized carbons (Fsp3) is 0.0714. The van der Waals surface area contributed by atoms with Gasteiger partial charge in [-0.1, -0.05) is 6.07 Å². The van der Waals surface area contributed by atoms with Crippen molar-refractivity contribution in [2.75, 3.05) is 0 Å². The number of rotatable bonds is 3. The Bertz CT molecular complexity index is 862. The molecule has 0 aliphatic heterocycles. The van der Waals surface area contributed by atoms with E-state index in [1.807, 2.05) is 6.92 Å². The van der Waals surface area contributed by atoms with Gasteiger partial charge in [0.25, 0.3) is 5.69 Å². The number of non-ortho nitro benzene ring substituents is 1. The number of aryl methyl sites for hydroxylation is 1. The molecule has 0 amide bonds. The van der Waals surface area contributed by atoms with Crippen LogP contribution in [0.5, 0.6) is 0 Å². The van der Waals surface area contributed by atoms with Gasteiger partial charge in [-0.3, -0.25) is 14.9 Å². The van der Waals surface area contributed by atoms with E-state index in [-0.39, 0.29) is 11.5 Å². The quantitative estimate of drug-likeness (QED) is 0.424. The molecular formula is C14H9BrN2O3S. The molecule has 0 unspecified atom stereocenters. The van der Waals surface area contributed by atoms with Crippen molar-refractivity contribution in [3.8, 4) is 0 Å². The van der Waals surface area contributed by atoms with Crippen LogP contribution in [-0.2, 0) is 0 Å². The number of thiophene rings is 1. The van der Waals surface area contributed by atoms with Crippen molar-refractivity contribution >= 4 is 49.6 Å². The smallest absolute Gasteiger partial charge is 0.279 e. The molecule has 0 atom stereocenters. The van der Waals surface area contributed by atoms with Gasteiger partial charge in [0, 0.05) is 12.3 Å². The normalized spacial score (nSPS) is 11.0. The number of aromatic nitrogens is 1. The Hall–Kier alpha value is -1.99. The van der Waals surface area contributed by atoms with Gasteiger partial charge in [0.2, 0.25) is 5.78 Å². The zero-order chi connectivity index (χ0) is 15.1. The molecule has 0 saturated heterocycles. The Morgan fingerprint density at radius 3 is 2.81 bits per heavy atom. The Kier molecular flexibility index (Phi) is 3.38. The summed E-state index contributed by atoms with van der Waals surface area (Å²) in [7, 11) is 0. The molecule has 0 aliphatic carbocycles. The van der Waals surface area contributed by atoms with Crippen molar-refractivity contribution in [3.05, 3.63) is 60.4 Å². The monoisotopic (exact) mass is 364 g/mol. The summed E-state index contributed by atoms with van der Waals surface area (Å²) in [6.45, 7) is 1.90. The van der Waals surface area contributed by atoms with E-state index in [1.165, 1.54) is 23.6 Å². The van der Waals surface area contributed by atoms with Gasteiger partial charge in [0.1, 0.15) is 0 Å². The number of nitro groups is 1. The van der Waals surface area contributed by atoms with Crippen molar-refractivity contribution in [2.24, 2.45) is 0 Å². The number of benzene rings is 1. The molecule has 0 radical (unpaired) electrons. The number of carbonyl (C=O) groups excluding carboxylic acids is 1. The molecule has 2 heterocycles. The number of nitrogens with one attached hydrogen (secondary N) is 1. The van der Waals surface area contributed by atoms with E-state index in [0.717, 1.165) is 9.35 Å². The highest BCUT2D eigenvalue weighted by Gasteiger charge is 2.23. The predicted molar refractivity (Wildman–Crippen MR) is 85.1 cm³/mol. The van der Waals surface area contributed by atoms with Crippen LogP contribution in [0.25, 0.3) is 10.9 Å². The molecule has 3 rings (SSSR count). The molecule has 2 aromatic heterocycles. The lowest BCUT2D eigenvalue weighted by Gasteiger charge is -1.98. The van der Waals surface area contributed by atoms with E-state index in [2.05, 4.69) is 20.9 Å². The number of hydrogen-bond acceptors (Lipinski definition) is 4. The first-order chi connectivity index (χ1) is 9.99. The van der Waals surface area contributed by atoms with Crippen LogP contribution in [0.3, 0.4) is 0 Å². The maximum atomic E-state index is 12.6. The number of aromatic amines is 1. The second-order valence-electron chi connectivity index (χ2n) is 4.56. The molecule has 0 spiro atoms. The van der Waals surface area contributed by atoms with Crippen molar-refractivity contribution in [3.63, 3.8) is 0 Å². The summed E-state index contributed by atoms with van der Waals surface area (Å²) in [5, 5.41) is 11.5. The first-order valence-corrected chi connectivity index (χ1v) is 7.65. The van der Waals surface area contributed by atoms with Gasteiger partial charge in [-0.05, 0) is 40.5 Å². The lowest BCUT2D eigenvalue weighted by atomic mass is 10.1. The average Bonchev–Trinajstić information content (AvgIpc) is 3.02. The second kappa shape index (κ2) is 5.09. The highest BCUT2D eigenvalue weighted by atomic mass is 79.9. The number of carbonyl (C=O) groups is 1. The van der Waals surface area contributed by atoms with Gasteiger partial charge in [-0.15, -0.1) is 11.3 Å². The fourth-order valence-corrected chi connectivity index (χ4v) is 3.69. The molecule has 0 aliphatic rings. The van der Waals surface area contributed by atoms with E-state index < -0.39 is 4.92 Å². The van der Waals surface area contributed by atoms with E-state index in [4.69, 9.17) is 0 Å². The van der Waals surface area contributed by atoms with E-state index in [0.29, 0.717) is 21.3 Å². The molecule has 1 aromatic carbocycles. The molecule has 3 aromatic rings. The summed E-state index contributed by atoms with van der Waals surface area (Å²) in [5.41, 5.74) is 1.81. The summed E-state index contributed by atoms with van der Waals surface area (Å²) >= 11 is 4.71. The molecular weight excluding hydrogens is 356 g/mol. The maximum Gasteiger partial charge on any atom is 0.279 e. The van der Waals surface area contributed by atoms with E-state index in [9.17, 15) is 14.9 Å². The third kappa shape index (κ3) is 2.28. The molecule has 7 heteroatoms. The first kappa shape index (κ1) is 14.0. The third-order valence-electron chi connectivity index (χ3n) is 3.21. The van der Waals surface area contributed by atoms with Crippen molar-refractivity contribution in [1.29, 1.82) is 0 Å². The summed E-state index contributed by atoms with van der Waals surface area (Å²) in [4.78, 5) is 26.8. The number of H-pyrrole nitrogens is 1. The third-order valence-corrected chi connectivity index (χ3v) is 5.34. The standard InChI is InChI=1S/C14H9BrN2O3S/c1-7-5-11(21-14(7)15)13(18)8-6-16-9-3-2-4-10(12(8)9)17(19)20/h2-6,16H,1H3. The number of ketones is 1. The van der Waals surface area contributed by atoms with Crippen LogP contribution in [0.1, 0.15) is 20.8 Å². The van der Waals surface area contributed by atoms with Gasteiger partial charge in [0.15, 0.2) is 0 Å². The summed E-state index contributed by atoms with van der Waals surface area (Å²) < 4.78 is 0.889. The second-order valence-corrected chi connectivity index (χ2v) is 6.93.